The molecule has 0 amide bonds. The molecule has 1 aromatic rings. The minimum Gasteiger partial charge on any atom is -0.379 e. The van der Waals surface area contributed by atoms with Crippen molar-refractivity contribution in [3.05, 3.63) is 18.2 Å². The molecule has 1 rings (SSSR count). The molecule has 0 unspecified atom stereocenters. The van der Waals surface area contributed by atoms with E-state index in [2.05, 4.69) is 23.4 Å². The quantitative estimate of drug-likeness (QED) is 0.650. The van der Waals surface area contributed by atoms with E-state index in [1.807, 2.05) is 19.3 Å². The highest BCUT2D eigenvalue weighted by Gasteiger charge is 1.97. The van der Waals surface area contributed by atoms with Gasteiger partial charge in [-0.1, -0.05) is 13.8 Å². The molecule has 0 fully saturated rings. The van der Waals surface area contributed by atoms with E-state index in [9.17, 15) is 0 Å². The van der Waals surface area contributed by atoms with E-state index >= 15 is 0 Å². The molecule has 1 aromatic heterocycles. The van der Waals surface area contributed by atoms with Crippen LogP contribution in [0.4, 0.5) is 0 Å². The Hall–Kier alpha value is -0.830. The van der Waals surface area contributed by atoms with Crippen LogP contribution in [0.2, 0.25) is 0 Å². The maximum atomic E-state index is 5.47. The Labute approximate surface area is 79.7 Å². The number of hydrogen-bond acceptors (Lipinski definition) is 2. The SMILES string of the molecule is Cc1nccn1CCOCC(C)C. The fraction of sp³-hybridized carbons (Fsp3) is 0.700. The van der Waals surface area contributed by atoms with Crippen molar-refractivity contribution >= 4 is 0 Å². The predicted molar refractivity (Wildman–Crippen MR) is 52.6 cm³/mol. The van der Waals surface area contributed by atoms with Crippen LogP contribution in [0.25, 0.3) is 0 Å². The van der Waals surface area contributed by atoms with E-state index in [1.165, 1.54) is 0 Å². The Balaban J connectivity index is 2.17. The van der Waals surface area contributed by atoms with Crippen molar-refractivity contribution < 1.29 is 4.74 Å². The summed E-state index contributed by atoms with van der Waals surface area (Å²) in [7, 11) is 0. The summed E-state index contributed by atoms with van der Waals surface area (Å²) in [6.45, 7) is 8.83. The molecule has 0 spiro atoms. The fourth-order valence-electron chi connectivity index (χ4n) is 1.12. The summed E-state index contributed by atoms with van der Waals surface area (Å²) in [6, 6.07) is 0. The summed E-state index contributed by atoms with van der Waals surface area (Å²) < 4.78 is 7.57. The number of ether oxygens (including phenoxy) is 1. The molecule has 0 bridgehead atoms. The highest BCUT2D eigenvalue weighted by atomic mass is 16.5. The number of aromatic nitrogens is 2. The maximum Gasteiger partial charge on any atom is 0.105 e. The predicted octanol–water partition coefficient (Wildman–Crippen LogP) is 1.86. The zero-order chi connectivity index (χ0) is 9.68. The third-order valence-electron chi connectivity index (χ3n) is 1.85. The van der Waals surface area contributed by atoms with Gasteiger partial charge in [-0.2, -0.15) is 0 Å². The van der Waals surface area contributed by atoms with Gasteiger partial charge in [0.05, 0.1) is 6.61 Å². The molecule has 0 aliphatic carbocycles. The molecule has 0 atom stereocenters. The normalized spacial score (nSPS) is 11.1. The highest BCUT2D eigenvalue weighted by molar-refractivity contribution is 4.87. The zero-order valence-electron chi connectivity index (χ0n) is 8.66. The Bertz CT molecular complexity index is 243. The summed E-state index contributed by atoms with van der Waals surface area (Å²) in [5.74, 6) is 1.66. The third-order valence-corrected chi connectivity index (χ3v) is 1.85. The average molecular weight is 182 g/mol. The third kappa shape index (κ3) is 3.59. The molecular formula is C10H18N2O. The van der Waals surface area contributed by atoms with Crippen LogP contribution in [0.15, 0.2) is 12.4 Å². The Morgan fingerprint density at radius 1 is 1.54 bits per heavy atom. The second kappa shape index (κ2) is 5.02. The van der Waals surface area contributed by atoms with Crippen LogP contribution in [-0.2, 0) is 11.3 Å². The highest BCUT2D eigenvalue weighted by Crippen LogP contribution is 1.96. The van der Waals surface area contributed by atoms with Crippen LogP contribution in [0.3, 0.4) is 0 Å². The minimum atomic E-state index is 0.615. The topological polar surface area (TPSA) is 27.1 Å². The van der Waals surface area contributed by atoms with Crippen molar-refractivity contribution in [3.8, 4) is 0 Å². The summed E-state index contributed by atoms with van der Waals surface area (Å²) in [4.78, 5) is 4.14. The van der Waals surface area contributed by atoms with Gasteiger partial charge in [-0.15, -0.1) is 0 Å². The number of hydrogen-bond donors (Lipinski definition) is 0. The van der Waals surface area contributed by atoms with Crippen LogP contribution < -0.4 is 0 Å². The summed E-state index contributed by atoms with van der Waals surface area (Å²) in [5.41, 5.74) is 0. The van der Waals surface area contributed by atoms with Gasteiger partial charge in [-0.3, -0.25) is 0 Å². The number of imidazole rings is 1. The van der Waals surface area contributed by atoms with Crippen molar-refractivity contribution in [1.29, 1.82) is 0 Å². The summed E-state index contributed by atoms with van der Waals surface area (Å²) in [5, 5.41) is 0. The van der Waals surface area contributed by atoms with Gasteiger partial charge in [0, 0.05) is 25.5 Å². The van der Waals surface area contributed by atoms with E-state index in [0.717, 1.165) is 25.6 Å². The fourth-order valence-corrected chi connectivity index (χ4v) is 1.12. The molecule has 74 valence electrons. The van der Waals surface area contributed by atoms with Crippen LogP contribution in [0.5, 0.6) is 0 Å². The smallest absolute Gasteiger partial charge is 0.105 e. The summed E-state index contributed by atoms with van der Waals surface area (Å²) in [6.07, 6.45) is 3.80. The van der Waals surface area contributed by atoms with Crippen molar-refractivity contribution in [2.45, 2.75) is 27.3 Å². The van der Waals surface area contributed by atoms with Gasteiger partial charge in [-0.25, -0.2) is 4.98 Å². The Morgan fingerprint density at radius 2 is 2.31 bits per heavy atom. The molecule has 1 heterocycles. The molecule has 3 nitrogen and oxygen atoms in total. The van der Waals surface area contributed by atoms with Crippen LogP contribution in [0.1, 0.15) is 19.7 Å². The Morgan fingerprint density at radius 3 is 2.85 bits per heavy atom. The molecule has 0 N–H and O–H groups in total. The number of aryl methyl sites for hydroxylation is 1. The first-order chi connectivity index (χ1) is 6.20. The largest absolute Gasteiger partial charge is 0.379 e. The summed E-state index contributed by atoms with van der Waals surface area (Å²) >= 11 is 0. The lowest BCUT2D eigenvalue weighted by molar-refractivity contribution is 0.103. The first-order valence-electron chi connectivity index (χ1n) is 4.75. The van der Waals surface area contributed by atoms with Crippen LogP contribution in [0, 0.1) is 12.8 Å². The van der Waals surface area contributed by atoms with Gasteiger partial charge in [0.2, 0.25) is 0 Å². The van der Waals surface area contributed by atoms with Gasteiger partial charge >= 0.3 is 0 Å². The first-order valence-corrected chi connectivity index (χ1v) is 4.75. The average Bonchev–Trinajstić information content (AvgIpc) is 2.45. The van der Waals surface area contributed by atoms with Crippen molar-refractivity contribution in [3.63, 3.8) is 0 Å². The lowest BCUT2D eigenvalue weighted by atomic mass is 10.2. The lowest BCUT2D eigenvalue weighted by Crippen LogP contribution is -2.09. The van der Waals surface area contributed by atoms with Gasteiger partial charge in [-0.05, 0) is 12.8 Å². The van der Waals surface area contributed by atoms with E-state index in [-0.39, 0.29) is 0 Å². The second-order valence-corrected chi connectivity index (χ2v) is 3.64. The molecule has 3 heteroatoms. The first kappa shape index (κ1) is 10.3. The number of rotatable bonds is 5. The monoisotopic (exact) mass is 182 g/mol. The molecule has 0 aromatic carbocycles. The van der Waals surface area contributed by atoms with Gasteiger partial charge in [0.25, 0.3) is 0 Å². The van der Waals surface area contributed by atoms with E-state index < -0.39 is 0 Å². The van der Waals surface area contributed by atoms with Gasteiger partial charge in [0.1, 0.15) is 5.82 Å². The van der Waals surface area contributed by atoms with E-state index in [4.69, 9.17) is 4.74 Å². The molecule has 0 saturated carbocycles. The van der Waals surface area contributed by atoms with E-state index in [0.29, 0.717) is 5.92 Å². The molecule has 0 aliphatic rings. The van der Waals surface area contributed by atoms with Crippen molar-refractivity contribution in [2.24, 2.45) is 5.92 Å². The molecule has 0 aliphatic heterocycles. The minimum absolute atomic E-state index is 0.615. The Kier molecular flexibility index (Phi) is 3.96. The van der Waals surface area contributed by atoms with Crippen LogP contribution >= 0.6 is 0 Å². The standard InChI is InChI=1S/C10H18N2O/c1-9(2)8-13-7-6-12-5-4-11-10(12)3/h4-5,9H,6-8H2,1-3H3. The molecule has 13 heavy (non-hydrogen) atoms. The van der Waals surface area contributed by atoms with Crippen molar-refractivity contribution in [1.82, 2.24) is 9.55 Å². The van der Waals surface area contributed by atoms with Crippen molar-refractivity contribution in [2.75, 3.05) is 13.2 Å². The maximum absolute atomic E-state index is 5.47. The molecule has 0 saturated heterocycles. The molecule has 0 radical (unpaired) electrons. The van der Waals surface area contributed by atoms with E-state index in [1.54, 1.807) is 0 Å². The lowest BCUT2D eigenvalue weighted by Gasteiger charge is -2.08. The van der Waals surface area contributed by atoms with Crippen LogP contribution in [-0.4, -0.2) is 22.8 Å². The zero-order valence-corrected chi connectivity index (χ0v) is 8.66. The second-order valence-electron chi connectivity index (χ2n) is 3.64. The van der Waals surface area contributed by atoms with Gasteiger partial charge in [0.15, 0.2) is 0 Å². The molecular weight excluding hydrogens is 164 g/mol. The van der Waals surface area contributed by atoms with Gasteiger partial charge < -0.3 is 9.30 Å². The number of nitrogens with zero attached hydrogens (tertiary/aromatic N) is 2.